The molecule has 0 bridgehead atoms. The molecule has 2 N–H and O–H groups in total. The summed E-state index contributed by atoms with van der Waals surface area (Å²) in [4.78, 5) is 27.6. The number of rotatable bonds is 8. The first-order chi connectivity index (χ1) is 15.4. The van der Waals surface area contributed by atoms with Crippen molar-refractivity contribution in [3.8, 4) is 11.5 Å². The second kappa shape index (κ2) is 10.3. The summed E-state index contributed by atoms with van der Waals surface area (Å²) in [7, 11) is 6.78. The normalized spacial score (nSPS) is 10.2. The van der Waals surface area contributed by atoms with Gasteiger partial charge >= 0.3 is 0 Å². The third kappa shape index (κ3) is 5.57. The molecule has 7 nitrogen and oxygen atoms in total. The van der Waals surface area contributed by atoms with Crippen molar-refractivity contribution in [2.75, 3.05) is 38.5 Å². The average molecular weight is 434 g/mol. The minimum Gasteiger partial charge on any atom is -0.497 e. The number of methoxy groups -OCH3 is 2. The van der Waals surface area contributed by atoms with Crippen LogP contribution in [0.15, 0.2) is 66.7 Å². The van der Waals surface area contributed by atoms with Gasteiger partial charge in [0.15, 0.2) is 0 Å². The average Bonchev–Trinajstić information content (AvgIpc) is 2.82. The Morgan fingerprint density at radius 3 is 2.09 bits per heavy atom. The number of amides is 2. The zero-order valence-corrected chi connectivity index (χ0v) is 18.6. The van der Waals surface area contributed by atoms with Gasteiger partial charge in [0.2, 0.25) is 0 Å². The smallest absolute Gasteiger partial charge is 0.255 e. The van der Waals surface area contributed by atoms with E-state index in [1.54, 1.807) is 36.4 Å². The molecule has 2 amide bonds. The Bertz CT molecular complexity index is 1080. The van der Waals surface area contributed by atoms with Gasteiger partial charge in [-0.05, 0) is 35.9 Å². The van der Waals surface area contributed by atoms with Gasteiger partial charge in [-0.2, -0.15) is 0 Å². The predicted octanol–water partition coefficient (Wildman–Crippen LogP) is 3.95. The highest BCUT2D eigenvalue weighted by Gasteiger charge is 2.16. The number of nitrogens with zero attached hydrogens (tertiary/aromatic N) is 1. The summed E-state index contributed by atoms with van der Waals surface area (Å²) in [6.07, 6.45) is 0. The van der Waals surface area contributed by atoms with Gasteiger partial charge in [0.1, 0.15) is 11.5 Å². The molecular weight excluding hydrogens is 406 g/mol. The number of nitrogens with one attached hydrogen (secondary N) is 2. The van der Waals surface area contributed by atoms with E-state index in [0.717, 1.165) is 11.3 Å². The van der Waals surface area contributed by atoms with Crippen LogP contribution in [0.25, 0.3) is 0 Å². The molecule has 0 aliphatic heterocycles. The van der Waals surface area contributed by atoms with E-state index in [1.807, 2.05) is 49.3 Å². The maximum atomic E-state index is 12.9. The van der Waals surface area contributed by atoms with Crippen LogP contribution in [0, 0.1) is 0 Å². The van der Waals surface area contributed by atoms with Crippen molar-refractivity contribution in [2.45, 2.75) is 6.54 Å². The molecule has 0 heterocycles. The van der Waals surface area contributed by atoms with E-state index >= 15 is 0 Å². The van der Waals surface area contributed by atoms with Crippen LogP contribution in [0.4, 0.5) is 11.4 Å². The lowest BCUT2D eigenvalue weighted by molar-refractivity contribution is 0.0950. The Kier molecular flexibility index (Phi) is 7.33. The summed E-state index contributed by atoms with van der Waals surface area (Å²) >= 11 is 0. The van der Waals surface area contributed by atoms with Crippen LogP contribution in [0.1, 0.15) is 26.3 Å². The quantitative estimate of drug-likeness (QED) is 0.562. The van der Waals surface area contributed by atoms with Crippen LogP contribution in [-0.4, -0.2) is 40.1 Å². The first-order valence-corrected chi connectivity index (χ1v) is 10.1. The number of anilines is 2. The van der Waals surface area contributed by atoms with E-state index in [-0.39, 0.29) is 11.8 Å². The Hall–Kier alpha value is -4.00. The van der Waals surface area contributed by atoms with Crippen LogP contribution in [-0.2, 0) is 6.54 Å². The molecule has 0 saturated heterocycles. The summed E-state index contributed by atoms with van der Waals surface area (Å²) in [5, 5.41) is 5.79. The summed E-state index contributed by atoms with van der Waals surface area (Å²) in [5.41, 5.74) is 3.10. The number of ether oxygens (including phenoxy) is 2. The highest BCUT2D eigenvalue weighted by molar-refractivity contribution is 6.06. The lowest BCUT2D eigenvalue weighted by atomic mass is 10.1. The van der Waals surface area contributed by atoms with E-state index in [9.17, 15) is 9.59 Å². The van der Waals surface area contributed by atoms with Crippen LogP contribution in [0.5, 0.6) is 11.5 Å². The zero-order valence-electron chi connectivity index (χ0n) is 18.6. The minimum absolute atomic E-state index is 0.225. The highest BCUT2D eigenvalue weighted by Crippen LogP contribution is 2.26. The van der Waals surface area contributed by atoms with Crippen molar-refractivity contribution in [2.24, 2.45) is 0 Å². The molecular formula is C25H27N3O4. The fourth-order valence-corrected chi connectivity index (χ4v) is 3.20. The molecule has 0 saturated carbocycles. The van der Waals surface area contributed by atoms with Gasteiger partial charge in [-0.1, -0.05) is 30.3 Å². The summed E-state index contributed by atoms with van der Waals surface area (Å²) in [6.45, 7) is 0.409. The molecule has 3 aromatic carbocycles. The molecule has 0 aromatic heterocycles. The molecule has 7 heteroatoms. The molecule has 0 atom stereocenters. The topological polar surface area (TPSA) is 79.9 Å². The number of carbonyl (C=O) groups excluding carboxylic acids is 2. The number of benzene rings is 3. The zero-order chi connectivity index (χ0) is 23.1. The summed E-state index contributed by atoms with van der Waals surface area (Å²) < 4.78 is 10.5. The Balaban J connectivity index is 1.82. The highest BCUT2D eigenvalue weighted by atomic mass is 16.5. The first-order valence-electron chi connectivity index (χ1n) is 10.1. The number of carbonyl (C=O) groups is 2. The molecule has 0 fully saturated rings. The number of hydrogen-bond acceptors (Lipinski definition) is 5. The monoisotopic (exact) mass is 433 g/mol. The Morgan fingerprint density at radius 2 is 1.50 bits per heavy atom. The third-order valence-electron chi connectivity index (χ3n) is 4.89. The Labute approximate surface area is 188 Å². The standard InChI is InChI=1S/C25H27N3O4/c1-28(2)23-11-10-19(14-22(23)25(30)26-16-17-8-6-5-7-9-17)27-24(29)18-12-20(31-3)15-21(13-18)32-4/h5-15H,16H2,1-4H3,(H,26,30)(H,27,29). The predicted molar refractivity (Wildman–Crippen MR) is 126 cm³/mol. The van der Waals surface area contributed by atoms with Crippen molar-refractivity contribution >= 4 is 23.2 Å². The lowest BCUT2D eigenvalue weighted by Crippen LogP contribution is -2.25. The molecule has 0 radical (unpaired) electrons. The van der Waals surface area contributed by atoms with Crippen LogP contribution >= 0.6 is 0 Å². The molecule has 0 spiro atoms. The lowest BCUT2D eigenvalue weighted by Gasteiger charge is -2.19. The van der Waals surface area contributed by atoms with Crippen molar-refractivity contribution in [3.05, 3.63) is 83.4 Å². The molecule has 0 unspecified atom stereocenters. The first kappa shape index (κ1) is 22.7. The number of hydrogen-bond donors (Lipinski definition) is 2. The summed E-state index contributed by atoms with van der Waals surface area (Å²) in [5.74, 6) is 0.462. The molecule has 32 heavy (non-hydrogen) atoms. The van der Waals surface area contributed by atoms with Gasteiger partial charge in [-0.3, -0.25) is 9.59 Å². The fraction of sp³-hybridized carbons (Fsp3) is 0.200. The van der Waals surface area contributed by atoms with E-state index in [1.165, 1.54) is 14.2 Å². The second-order valence-corrected chi connectivity index (χ2v) is 7.35. The van der Waals surface area contributed by atoms with Crippen LogP contribution in [0.2, 0.25) is 0 Å². The van der Waals surface area contributed by atoms with Gasteiger partial charge in [-0.15, -0.1) is 0 Å². The van der Waals surface area contributed by atoms with Gasteiger partial charge in [-0.25, -0.2) is 0 Å². The maximum Gasteiger partial charge on any atom is 0.255 e. The molecule has 0 aliphatic rings. The Morgan fingerprint density at radius 1 is 0.844 bits per heavy atom. The molecule has 166 valence electrons. The van der Waals surface area contributed by atoms with Gasteiger partial charge in [0.05, 0.1) is 19.8 Å². The largest absolute Gasteiger partial charge is 0.497 e. The second-order valence-electron chi connectivity index (χ2n) is 7.35. The molecule has 0 aliphatic carbocycles. The van der Waals surface area contributed by atoms with E-state index in [2.05, 4.69) is 10.6 Å². The summed E-state index contributed by atoms with van der Waals surface area (Å²) in [6, 6.07) is 19.9. The SMILES string of the molecule is COc1cc(OC)cc(C(=O)Nc2ccc(N(C)C)c(C(=O)NCc3ccccc3)c2)c1. The van der Waals surface area contributed by atoms with E-state index in [0.29, 0.717) is 34.9 Å². The van der Waals surface area contributed by atoms with Crippen molar-refractivity contribution in [1.82, 2.24) is 5.32 Å². The minimum atomic E-state index is -0.338. The van der Waals surface area contributed by atoms with Crippen LogP contribution in [0.3, 0.4) is 0 Å². The van der Waals surface area contributed by atoms with Crippen molar-refractivity contribution in [3.63, 3.8) is 0 Å². The molecule has 3 aromatic rings. The fourth-order valence-electron chi connectivity index (χ4n) is 3.20. The van der Waals surface area contributed by atoms with Gasteiger partial charge in [0.25, 0.3) is 11.8 Å². The van der Waals surface area contributed by atoms with Crippen molar-refractivity contribution < 1.29 is 19.1 Å². The molecule has 3 rings (SSSR count). The van der Waals surface area contributed by atoms with E-state index in [4.69, 9.17) is 9.47 Å². The third-order valence-corrected chi connectivity index (χ3v) is 4.89. The van der Waals surface area contributed by atoms with E-state index < -0.39 is 0 Å². The maximum absolute atomic E-state index is 12.9. The van der Waals surface area contributed by atoms with Gasteiger partial charge < -0.3 is 25.0 Å². The van der Waals surface area contributed by atoms with Crippen LogP contribution < -0.4 is 25.0 Å². The van der Waals surface area contributed by atoms with Crippen molar-refractivity contribution in [1.29, 1.82) is 0 Å². The van der Waals surface area contributed by atoms with Gasteiger partial charge in [0, 0.05) is 43.6 Å².